The van der Waals surface area contributed by atoms with Gasteiger partial charge in [0.05, 0.1) is 12.0 Å². The Hall–Kier alpha value is -2.95. The number of hydroxylamine groups is 1. The number of hydrogen-bond donors (Lipinski definition) is 2. The molecule has 1 fully saturated rings. The molecule has 178 valence electrons. The van der Waals surface area contributed by atoms with Crippen LogP contribution < -0.4 is 10.6 Å². The summed E-state index contributed by atoms with van der Waals surface area (Å²) < 4.78 is 25.7. The first-order valence-electron chi connectivity index (χ1n) is 10.7. The lowest BCUT2D eigenvalue weighted by molar-refractivity contribution is -0.0258. The highest BCUT2D eigenvalue weighted by Crippen LogP contribution is 2.21. The van der Waals surface area contributed by atoms with Gasteiger partial charge in [-0.15, -0.1) is 0 Å². The lowest BCUT2D eigenvalue weighted by atomic mass is 9.97. The summed E-state index contributed by atoms with van der Waals surface area (Å²) in [5.41, 5.74) is 2.13. The monoisotopic (exact) mass is 474 g/mol. The first-order valence-corrected chi connectivity index (χ1v) is 12.2. The zero-order chi connectivity index (χ0) is 24.0. The van der Waals surface area contributed by atoms with Gasteiger partial charge in [-0.05, 0) is 56.0 Å². The van der Waals surface area contributed by atoms with Crippen LogP contribution in [-0.2, 0) is 14.9 Å². The summed E-state index contributed by atoms with van der Waals surface area (Å²) in [4.78, 5) is 31.8. The summed E-state index contributed by atoms with van der Waals surface area (Å²) >= 11 is 0. The molecule has 2 aromatic carbocycles. The molecule has 1 saturated heterocycles. The number of benzene rings is 2. The minimum atomic E-state index is -3.85. The van der Waals surface area contributed by atoms with Crippen LogP contribution in [0.4, 0.5) is 10.5 Å². The maximum atomic E-state index is 13.1. The highest BCUT2D eigenvalue weighted by atomic mass is 32.2. The third-order valence-corrected chi connectivity index (χ3v) is 7.32. The normalized spacial score (nSPS) is 16.5. The molecule has 2 N–H and O–H groups in total. The third kappa shape index (κ3) is 6.31. The summed E-state index contributed by atoms with van der Waals surface area (Å²) in [5.74, 6) is -0.126. The van der Waals surface area contributed by atoms with Gasteiger partial charge in [0, 0.05) is 37.9 Å². The van der Waals surface area contributed by atoms with Crippen molar-refractivity contribution in [3.05, 3.63) is 59.7 Å². The number of nitrogens with one attached hydrogen (secondary N) is 2. The van der Waals surface area contributed by atoms with Gasteiger partial charge in [0.2, 0.25) is 0 Å². The number of nitrogens with zero attached hydrogens (tertiary/aromatic N) is 2. The smallest absolute Gasteiger partial charge is 0.319 e. The van der Waals surface area contributed by atoms with Crippen molar-refractivity contribution >= 4 is 27.6 Å². The first-order chi connectivity index (χ1) is 15.7. The van der Waals surface area contributed by atoms with E-state index in [1.165, 1.54) is 26.3 Å². The predicted octanol–water partition coefficient (Wildman–Crippen LogP) is 2.85. The van der Waals surface area contributed by atoms with Gasteiger partial charge in [-0.3, -0.25) is 9.63 Å². The quantitative estimate of drug-likeness (QED) is 0.600. The molecular weight excluding hydrogens is 444 g/mol. The SMILES string of the molecule is CON(C)S(=O)(=O)c1cccc(C(=O)N2CCCC(CNC(=O)Nc3ccc(C)cc3)C2)c1. The number of amides is 3. The second-order valence-electron chi connectivity index (χ2n) is 8.09. The molecular formula is C23H30N4O5S. The van der Waals surface area contributed by atoms with E-state index in [4.69, 9.17) is 4.84 Å². The average molecular weight is 475 g/mol. The molecule has 1 aliphatic heterocycles. The van der Waals surface area contributed by atoms with E-state index >= 15 is 0 Å². The molecule has 10 heteroatoms. The van der Waals surface area contributed by atoms with Gasteiger partial charge in [0.15, 0.2) is 0 Å². The Bertz CT molecular complexity index is 1090. The minimum absolute atomic E-state index is 0.0132. The standard InChI is InChI=1S/C23H30N4O5S/c1-17-9-11-20(12-10-17)25-23(29)24-15-18-6-5-13-27(16-18)22(28)19-7-4-8-21(14-19)33(30,31)26(2)32-3/h4,7-12,14,18H,5-6,13,15-16H2,1-3H3,(H2,24,25,29). The molecule has 3 amide bonds. The van der Waals surface area contributed by atoms with E-state index in [-0.39, 0.29) is 22.8 Å². The molecule has 1 unspecified atom stereocenters. The number of urea groups is 1. The minimum Gasteiger partial charge on any atom is -0.338 e. The van der Waals surface area contributed by atoms with Gasteiger partial charge >= 0.3 is 6.03 Å². The van der Waals surface area contributed by atoms with Crippen LogP contribution in [0.25, 0.3) is 0 Å². The fourth-order valence-corrected chi connectivity index (χ4v) is 4.70. The van der Waals surface area contributed by atoms with Crippen molar-refractivity contribution in [2.75, 3.05) is 39.1 Å². The Morgan fingerprint density at radius 2 is 1.91 bits per heavy atom. The molecule has 0 saturated carbocycles. The molecule has 1 heterocycles. The number of rotatable bonds is 7. The van der Waals surface area contributed by atoms with Crippen molar-refractivity contribution in [1.82, 2.24) is 14.7 Å². The van der Waals surface area contributed by atoms with E-state index in [9.17, 15) is 18.0 Å². The van der Waals surface area contributed by atoms with E-state index in [1.807, 2.05) is 31.2 Å². The summed E-state index contributed by atoms with van der Waals surface area (Å²) in [5, 5.41) is 5.68. The second kappa shape index (κ2) is 10.8. The Labute approximate surface area is 194 Å². The van der Waals surface area contributed by atoms with Crippen molar-refractivity contribution in [2.45, 2.75) is 24.7 Å². The number of likely N-dealkylation sites (tertiary alicyclic amines) is 1. The molecule has 3 rings (SSSR count). The molecule has 9 nitrogen and oxygen atoms in total. The number of carbonyl (C=O) groups is 2. The van der Waals surface area contributed by atoms with Crippen LogP contribution in [0, 0.1) is 12.8 Å². The fraction of sp³-hybridized carbons (Fsp3) is 0.391. The van der Waals surface area contributed by atoms with E-state index in [0.29, 0.717) is 30.9 Å². The Balaban J connectivity index is 1.59. The second-order valence-corrected chi connectivity index (χ2v) is 10.0. The topological polar surface area (TPSA) is 108 Å². The molecule has 0 spiro atoms. The summed E-state index contributed by atoms with van der Waals surface area (Å²) in [6.07, 6.45) is 1.70. The van der Waals surface area contributed by atoms with Gasteiger partial charge < -0.3 is 15.5 Å². The van der Waals surface area contributed by atoms with Crippen LogP contribution in [0.2, 0.25) is 0 Å². The molecule has 1 atom stereocenters. The largest absolute Gasteiger partial charge is 0.338 e. The van der Waals surface area contributed by atoms with Gasteiger partial charge in [-0.2, -0.15) is 0 Å². The molecule has 1 aliphatic rings. The number of carbonyl (C=O) groups excluding carboxylic acids is 2. The van der Waals surface area contributed by atoms with Crippen LogP contribution in [0.3, 0.4) is 0 Å². The van der Waals surface area contributed by atoms with E-state index in [0.717, 1.165) is 22.9 Å². The summed E-state index contributed by atoms with van der Waals surface area (Å²) in [6, 6.07) is 13.2. The van der Waals surface area contributed by atoms with Crippen molar-refractivity contribution < 1.29 is 22.8 Å². The van der Waals surface area contributed by atoms with Gasteiger partial charge in [0.1, 0.15) is 0 Å². The molecule has 2 aromatic rings. The summed E-state index contributed by atoms with van der Waals surface area (Å²) in [7, 11) is -1.29. The van der Waals surface area contributed by atoms with Gasteiger partial charge in [0.25, 0.3) is 15.9 Å². The van der Waals surface area contributed by atoms with Crippen molar-refractivity contribution in [3.63, 3.8) is 0 Å². The van der Waals surface area contributed by atoms with Crippen molar-refractivity contribution in [1.29, 1.82) is 0 Å². The molecule has 0 radical (unpaired) electrons. The number of sulfonamides is 1. The predicted molar refractivity (Wildman–Crippen MR) is 125 cm³/mol. The van der Waals surface area contributed by atoms with E-state index < -0.39 is 10.0 Å². The zero-order valence-corrected chi connectivity index (χ0v) is 19.9. The number of aryl methyl sites for hydroxylation is 1. The maximum Gasteiger partial charge on any atom is 0.319 e. The molecule has 33 heavy (non-hydrogen) atoms. The average Bonchev–Trinajstić information content (AvgIpc) is 2.83. The Kier molecular flexibility index (Phi) is 8.06. The first kappa shape index (κ1) is 24.7. The van der Waals surface area contributed by atoms with E-state index in [2.05, 4.69) is 10.6 Å². The third-order valence-electron chi connectivity index (χ3n) is 5.64. The lowest BCUT2D eigenvalue weighted by Gasteiger charge is -2.33. The van der Waals surface area contributed by atoms with Gasteiger partial charge in [-0.25, -0.2) is 13.2 Å². The van der Waals surface area contributed by atoms with Crippen LogP contribution in [-0.4, -0.2) is 63.5 Å². The van der Waals surface area contributed by atoms with Gasteiger partial charge in [-0.1, -0.05) is 28.2 Å². The van der Waals surface area contributed by atoms with Crippen molar-refractivity contribution in [2.24, 2.45) is 5.92 Å². The number of hydrogen-bond acceptors (Lipinski definition) is 5. The molecule has 0 aliphatic carbocycles. The number of anilines is 1. The van der Waals surface area contributed by atoms with Crippen molar-refractivity contribution in [3.8, 4) is 0 Å². The maximum absolute atomic E-state index is 13.1. The zero-order valence-electron chi connectivity index (χ0n) is 19.1. The number of piperidine rings is 1. The highest BCUT2D eigenvalue weighted by molar-refractivity contribution is 7.89. The van der Waals surface area contributed by atoms with E-state index in [1.54, 1.807) is 17.0 Å². The Morgan fingerprint density at radius 1 is 1.18 bits per heavy atom. The van der Waals surface area contributed by atoms with Crippen LogP contribution >= 0.6 is 0 Å². The molecule has 0 bridgehead atoms. The highest BCUT2D eigenvalue weighted by Gasteiger charge is 2.27. The van der Waals surface area contributed by atoms with Crippen LogP contribution in [0.15, 0.2) is 53.4 Å². The fourth-order valence-electron chi connectivity index (χ4n) is 3.68. The van der Waals surface area contributed by atoms with Crippen LogP contribution in [0.1, 0.15) is 28.8 Å². The van der Waals surface area contributed by atoms with Crippen LogP contribution in [0.5, 0.6) is 0 Å². The molecule has 0 aromatic heterocycles. The summed E-state index contributed by atoms with van der Waals surface area (Å²) in [6.45, 7) is 3.49. The Morgan fingerprint density at radius 3 is 2.61 bits per heavy atom. The lowest BCUT2D eigenvalue weighted by Crippen LogP contribution is -2.44.